The lowest BCUT2D eigenvalue weighted by Gasteiger charge is -2.04. The van der Waals surface area contributed by atoms with Gasteiger partial charge in [0.25, 0.3) is 0 Å². The highest BCUT2D eigenvalue weighted by molar-refractivity contribution is 9.10. The predicted molar refractivity (Wildman–Crippen MR) is 86.3 cm³/mol. The van der Waals surface area contributed by atoms with Crippen molar-refractivity contribution in [1.82, 2.24) is 10.2 Å². The van der Waals surface area contributed by atoms with Gasteiger partial charge in [0, 0.05) is 10.0 Å². The minimum absolute atomic E-state index is 0.399. The largest absolute Gasteiger partial charge is 0.419 e. The summed E-state index contributed by atoms with van der Waals surface area (Å²) in [6.45, 7) is 2.01. The Hall–Kier alpha value is -1.65. The molecular formula is C16H12BrClN2O. The van der Waals surface area contributed by atoms with Crippen molar-refractivity contribution in [3.05, 3.63) is 70.0 Å². The second-order valence-electron chi connectivity index (χ2n) is 4.74. The normalized spacial score (nSPS) is 12.3. The van der Waals surface area contributed by atoms with Gasteiger partial charge in [-0.15, -0.1) is 21.8 Å². The average molecular weight is 364 g/mol. The van der Waals surface area contributed by atoms with Crippen molar-refractivity contribution < 1.29 is 4.42 Å². The molecule has 3 nitrogen and oxygen atoms in total. The Morgan fingerprint density at radius 2 is 1.86 bits per heavy atom. The molecule has 0 saturated heterocycles. The number of hydrogen-bond donors (Lipinski definition) is 0. The van der Waals surface area contributed by atoms with E-state index in [1.165, 1.54) is 0 Å². The number of alkyl halides is 1. The molecule has 5 heteroatoms. The van der Waals surface area contributed by atoms with Crippen molar-refractivity contribution in [2.75, 3.05) is 0 Å². The Kier molecular flexibility index (Phi) is 4.08. The maximum atomic E-state index is 6.39. The average Bonchev–Trinajstić information content (AvgIpc) is 2.96. The lowest BCUT2D eigenvalue weighted by molar-refractivity contribution is 0.513. The molecule has 3 rings (SSSR count). The molecule has 1 heterocycles. The van der Waals surface area contributed by atoms with E-state index in [4.69, 9.17) is 16.0 Å². The zero-order valence-electron chi connectivity index (χ0n) is 11.3. The third-order valence-electron chi connectivity index (χ3n) is 3.04. The summed E-state index contributed by atoms with van der Waals surface area (Å²) < 4.78 is 6.70. The standard InChI is InChI=1S/C16H12BrClN2O/c1-10-7-12(9-13(17)8-10)15-19-20-16(21-15)14(18)11-5-3-2-4-6-11/h2-9,14H,1H3. The van der Waals surface area contributed by atoms with Gasteiger partial charge in [-0.05, 0) is 36.2 Å². The molecule has 0 aliphatic carbocycles. The van der Waals surface area contributed by atoms with Gasteiger partial charge < -0.3 is 4.42 Å². The van der Waals surface area contributed by atoms with Crippen molar-refractivity contribution in [2.45, 2.75) is 12.3 Å². The summed E-state index contributed by atoms with van der Waals surface area (Å²) in [4.78, 5) is 0. The number of benzene rings is 2. The van der Waals surface area contributed by atoms with E-state index in [1.54, 1.807) is 0 Å². The summed E-state index contributed by atoms with van der Waals surface area (Å²) in [7, 11) is 0. The molecule has 21 heavy (non-hydrogen) atoms. The Balaban J connectivity index is 1.93. The minimum atomic E-state index is -0.444. The first kappa shape index (κ1) is 14.3. The van der Waals surface area contributed by atoms with E-state index in [-0.39, 0.29) is 0 Å². The Bertz CT molecular complexity index is 738. The highest BCUT2D eigenvalue weighted by atomic mass is 79.9. The van der Waals surface area contributed by atoms with Gasteiger partial charge in [0.15, 0.2) is 0 Å². The number of aromatic nitrogens is 2. The second-order valence-corrected chi connectivity index (χ2v) is 6.09. The molecule has 3 aromatic rings. The number of hydrogen-bond acceptors (Lipinski definition) is 3. The molecule has 0 aliphatic rings. The van der Waals surface area contributed by atoms with E-state index in [2.05, 4.69) is 26.1 Å². The fraction of sp³-hybridized carbons (Fsp3) is 0.125. The number of aryl methyl sites for hydroxylation is 1. The van der Waals surface area contributed by atoms with Crippen molar-refractivity contribution >= 4 is 27.5 Å². The van der Waals surface area contributed by atoms with Gasteiger partial charge in [0.2, 0.25) is 11.8 Å². The van der Waals surface area contributed by atoms with Gasteiger partial charge in [-0.2, -0.15) is 0 Å². The van der Waals surface area contributed by atoms with Crippen LogP contribution < -0.4 is 0 Å². The number of halogens is 2. The van der Waals surface area contributed by atoms with Crippen LogP contribution in [-0.2, 0) is 0 Å². The monoisotopic (exact) mass is 362 g/mol. The molecule has 1 aromatic heterocycles. The molecule has 0 aliphatic heterocycles. The molecule has 0 saturated carbocycles. The van der Waals surface area contributed by atoms with Crippen LogP contribution in [-0.4, -0.2) is 10.2 Å². The summed E-state index contributed by atoms with van der Waals surface area (Å²) in [5.74, 6) is 0.867. The van der Waals surface area contributed by atoms with Crippen LogP contribution >= 0.6 is 27.5 Å². The van der Waals surface area contributed by atoms with Crippen molar-refractivity contribution in [3.8, 4) is 11.5 Å². The van der Waals surface area contributed by atoms with E-state index in [1.807, 2.05) is 55.5 Å². The van der Waals surface area contributed by atoms with Crippen LogP contribution in [0.25, 0.3) is 11.5 Å². The zero-order valence-corrected chi connectivity index (χ0v) is 13.6. The van der Waals surface area contributed by atoms with Gasteiger partial charge in [0.05, 0.1) is 0 Å². The maximum absolute atomic E-state index is 6.39. The summed E-state index contributed by atoms with van der Waals surface area (Å²) in [6.07, 6.45) is 0. The highest BCUT2D eigenvalue weighted by Crippen LogP contribution is 2.30. The van der Waals surface area contributed by atoms with Crippen LogP contribution in [0.15, 0.2) is 57.4 Å². The fourth-order valence-corrected chi connectivity index (χ4v) is 2.92. The molecule has 1 unspecified atom stereocenters. The minimum Gasteiger partial charge on any atom is -0.419 e. The van der Waals surface area contributed by atoms with Gasteiger partial charge in [-0.1, -0.05) is 46.3 Å². The quantitative estimate of drug-likeness (QED) is 0.605. The molecule has 0 N–H and O–H groups in total. The Morgan fingerprint density at radius 1 is 1.10 bits per heavy atom. The first-order valence-corrected chi connectivity index (χ1v) is 7.66. The van der Waals surface area contributed by atoms with Gasteiger partial charge in [0.1, 0.15) is 5.38 Å². The van der Waals surface area contributed by atoms with E-state index in [0.717, 1.165) is 21.2 Å². The van der Waals surface area contributed by atoms with Crippen LogP contribution in [0.2, 0.25) is 0 Å². The molecule has 0 fully saturated rings. The van der Waals surface area contributed by atoms with E-state index in [9.17, 15) is 0 Å². The molecule has 2 aromatic carbocycles. The second kappa shape index (κ2) is 6.00. The molecule has 1 atom stereocenters. The van der Waals surface area contributed by atoms with Gasteiger partial charge >= 0.3 is 0 Å². The maximum Gasteiger partial charge on any atom is 0.247 e. The van der Waals surface area contributed by atoms with E-state index < -0.39 is 5.38 Å². The summed E-state index contributed by atoms with van der Waals surface area (Å²) in [5.41, 5.74) is 2.92. The number of rotatable bonds is 3. The summed E-state index contributed by atoms with van der Waals surface area (Å²) >= 11 is 9.86. The van der Waals surface area contributed by atoms with E-state index in [0.29, 0.717) is 11.8 Å². The van der Waals surface area contributed by atoms with E-state index >= 15 is 0 Å². The lowest BCUT2D eigenvalue weighted by atomic mass is 10.1. The Labute approximate surface area is 136 Å². The fourth-order valence-electron chi connectivity index (χ4n) is 2.08. The van der Waals surface area contributed by atoms with Crippen molar-refractivity contribution in [3.63, 3.8) is 0 Å². The molecule has 106 valence electrons. The van der Waals surface area contributed by atoms with Crippen LogP contribution in [0.1, 0.15) is 22.4 Å². The zero-order chi connectivity index (χ0) is 14.8. The smallest absolute Gasteiger partial charge is 0.247 e. The van der Waals surface area contributed by atoms with Gasteiger partial charge in [-0.25, -0.2) is 0 Å². The number of nitrogens with zero attached hydrogens (tertiary/aromatic N) is 2. The molecule has 0 spiro atoms. The van der Waals surface area contributed by atoms with Crippen LogP contribution in [0, 0.1) is 6.92 Å². The van der Waals surface area contributed by atoms with Crippen molar-refractivity contribution in [2.24, 2.45) is 0 Å². The molecule has 0 amide bonds. The molecular weight excluding hydrogens is 352 g/mol. The third-order valence-corrected chi connectivity index (χ3v) is 3.94. The third kappa shape index (κ3) is 3.17. The molecule has 0 bridgehead atoms. The van der Waals surface area contributed by atoms with Crippen LogP contribution in [0.4, 0.5) is 0 Å². The summed E-state index contributed by atoms with van der Waals surface area (Å²) in [5, 5.41) is 7.71. The highest BCUT2D eigenvalue weighted by Gasteiger charge is 2.18. The molecule has 0 radical (unpaired) electrons. The SMILES string of the molecule is Cc1cc(Br)cc(-c2nnc(C(Cl)c3ccccc3)o2)c1. The van der Waals surface area contributed by atoms with Gasteiger partial charge in [-0.3, -0.25) is 0 Å². The van der Waals surface area contributed by atoms with Crippen LogP contribution in [0.3, 0.4) is 0 Å². The first-order valence-electron chi connectivity index (χ1n) is 6.43. The predicted octanol–water partition coefficient (Wildman–Crippen LogP) is 5.14. The van der Waals surface area contributed by atoms with Crippen molar-refractivity contribution in [1.29, 1.82) is 0 Å². The van der Waals surface area contributed by atoms with Crippen LogP contribution in [0.5, 0.6) is 0 Å². The lowest BCUT2D eigenvalue weighted by Crippen LogP contribution is -1.92. The summed E-state index contributed by atoms with van der Waals surface area (Å²) in [6, 6.07) is 15.6. The first-order chi connectivity index (χ1) is 10.1. The topological polar surface area (TPSA) is 38.9 Å². The Morgan fingerprint density at radius 3 is 2.57 bits per heavy atom.